The van der Waals surface area contributed by atoms with Crippen molar-refractivity contribution < 1.29 is 14.2 Å². The van der Waals surface area contributed by atoms with Crippen LogP contribution in [0.25, 0.3) is 0 Å². The van der Waals surface area contributed by atoms with Crippen molar-refractivity contribution in [3.8, 4) is 0 Å². The Morgan fingerprint density at radius 2 is 2.00 bits per heavy atom. The smallest absolute Gasteiger partial charge is 0.129 e. The van der Waals surface area contributed by atoms with Crippen LogP contribution in [0.5, 0.6) is 0 Å². The monoisotopic (exact) mass is 253 g/mol. The summed E-state index contributed by atoms with van der Waals surface area (Å²) in [4.78, 5) is 0. The Hall–Kier alpha value is -0.970. The van der Waals surface area contributed by atoms with Crippen LogP contribution >= 0.6 is 0 Å². The molecule has 1 aliphatic heterocycles. The SMILES string of the molecule is CC(O)(c1ccccc1F)C1(CN)CCOCC1. The number of hydrogen-bond acceptors (Lipinski definition) is 3. The Kier molecular flexibility index (Phi) is 3.71. The fraction of sp³-hybridized carbons (Fsp3) is 0.571. The van der Waals surface area contributed by atoms with E-state index in [1.165, 1.54) is 6.07 Å². The standard InChI is InChI=1S/C14H20FNO2/c1-13(17,11-4-2-3-5-12(11)15)14(10-16)6-8-18-9-7-14/h2-5,17H,6-10,16H2,1H3. The molecule has 2 rings (SSSR count). The van der Waals surface area contributed by atoms with Gasteiger partial charge in [0.1, 0.15) is 5.82 Å². The van der Waals surface area contributed by atoms with Gasteiger partial charge in [-0.1, -0.05) is 18.2 Å². The van der Waals surface area contributed by atoms with E-state index in [2.05, 4.69) is 0 Å². The predicted molar refractivity (Wildman–Crippen MR) is 67.5 cm³/mol. The minimum atomic E-state index is -1.28. The van der Waals surface area contributed by atoms with Gasteiger partial charge in [0.2, 0.25) is 0 Å². The average molecular weight is 253 g/mol. The first-order chi connectivity index (χ1) is 8.53. The van der Waals surface area contributed by atoms with Crippen LogP contribution in [0.2, 0.25) is 0 Å². The van der Waals surface area contributed by atoms with Crippen molar-refractivity contribution in [2.75, 3.05) is 19.8 Å². The van der Waals surface area contributed by atoms with Crippen molar-refractivity contribution in [2.45, 2.75) is 25.4 Å². The second-order valence-electron chi connectivity index (χ2n) is 5.15. The number of benzene rings is 1. The molecule has 3 nitrogen and oxygen atoms in total. The highest BCUT2D eigenvalue weighted by molar-refractivity contribution is 5.27. The third kappa shape index (κ3) is 2.05. The molecule has 1 heterocycles. The maximum atomic E-state index is 13.9. The first-order valence-electron chi connectivity index (χ1n) is 6.29. The van der Waals surface area contributed by atoms with Crippen LogP contribution < -0.4 is 5.73 Å². The second kappa shape index (κ2) is 4.96. The zero-order chi connectivity index (χ0) is 13.2. The number of hydrogen-bond donors (Lipinski definition) is 2. The summed E-state index contributed by atoms with van der Waals surface area (Å²) in [6.45, 7) is 3.09. The topological polar surface area (TPSA) is 55.5 Å². The third-order valence-electron chi connectivity index (χ3n) is 4.27. The number of ether oxygens (including phenoxy) is 1. The van der Waals surface area contributed by atoms with Gasteiger partial charge in [-0.05, 0) is 25.8 Å². The summed E-state index contributed by atoms with van der Waals surface area (Å²) in [5.74, 6) is -0.387. The summed E-state index contributed by atoms with van der Waals surface area (Å²) in [6.07, 6.45) is 1.29. The van der Waals surface area contributed by atoms with Crippen LogP contribution in [-0.2, 0) is 10.3 Å². The van der Waals surface area contributed by atoms with E-state index >= 15 is 0 Å². The molecule has 4 heteroatoms. The fourth-order valence-electron chi connectivity index (χ4n) is 2.79. The van der Waals surface area contributed by atoms with Gasteiger partial charge in [0.05, 0.1) is 5.60 Å². The summed E-state index contributed by atoms with van der Waals surface area (Å²) in [7, 11) is 0. The summed E-state index contributed by atoms with van der Waals surface area (Å²) < 4.78 is 19.2. The van der Waals surface area contributed by atoms with Crippen LogP contribution in [-0.4, -0.2) is 24.9 Å². The first-order valence-corrected chi connectivity index (χ1v) is 6.29. The Morgan fingerprint density at radius 3 is 2.56 bits per heavy atom. The lowest BCUT2D eigenvalue weighted by Gasteiger charge is -2.47. The Morgan fingerprint density at radius 1 is 1.39 bits per heavy atom. The quantitative estimate of drug-likeness (QED) is 0.863. The van der Waals surface area contributed by atoms with E-state index in [0.29, 0.717) is 38.2 Å². The summed E-state index contributed by atoms with van der Waals surface area (Å²) in [5.41, 5.74) is 4.39. The van der Waals surface area contributed by atoms with Crippen molar-refractivity contribution in [2.24, 2.45) is 11.1 Å². The molecule has 1 aromatic carbocycles. The highest BCUT2D eigenvalue weighted by Crippen LogP contribution is 2.46. The number of halogens is 1. The molecule has 0 amide bonds. The highest BCUT2D eigenvalue weighted by atomic mass is 19.1. The molecule has 0 bridgehead atoms. The van der Waals surface area contributed by atoms with Crippen LogP contribution in [0.15, 0.2) is 24.3 Å². The molecule has 0 aliphatic carbocycles. The summed E-state index contributed by atoms with van der Waals surface area (Å²) in [6, 6.07) is 6.35. The average Bonchev–Trinajstić information content (AvgIpc) is 2.39. The van der Waals surface area contributed by atoms with E-state index in [-0.39, 0.29) is 5.82 Å². The highest BCUT2D eigenvalue weighted by Gasteiger charge is 2.49. The lowest BCUT2D eigenvalue weighted by atomic mass is 9.64. The Balaban J connectivity index is 2.42. The van der Waals surface area contributed by atoms with Crippen LogP contribution in [0.4, 0.5) is 4.39 Å². The zero-order valence-electron chi connectivity index (χ0n) is 10.7. The minimum Gasteiger partial charge on any atom is -0.385 e. The maximum Gasteiger partial charge on any atom is 0.129 e. The van der Waals surface area contributed by atoms with Gasteiger partial charge in [0.25, 0.3) is 0 Å². The van der Waals surface area contributed by atoms with E-state index in [0.717, 1.165) is 0 Å². The molecule has 100 valence electrons. The van der Waals surface area contributed by atoms with Crippen molar-refractivity contribution in [1.82, 2.24) is 0 Å². The lowest BCUT2D eigenvalue weighted by molar-refractivity contribution is -0.125. The molecule has 1 unspecified atom stereocenters. The molecule has 3 N–H and O–H groups in total. The molecule has 0 spiro atoms. The Bertz CT molecular complexity index is 414. The predicted octanol–water partition coefficient (Wildman–Crippen LogP) is 1.79. The number of aliphatic hydroxyl groups is 1. The number of rotatable bonds is 3. The van der Waals surface area contributed by atoms with E-state index in [4.69, 9.17) is 10.5 Å². The van der Waals surface area contributed by atoms with Gasteiger partial charge in [0, 0.05) is 30.7 Å². The zero-order valence-corrected chi connectivity index (χ0v) is 10.7. The van der Waals surface area contributed by atoms with E-state index in [1.54, 1.807) is 25.1 Å². The van der Waals surface area contributed by atoms with Gasteiger partial charge in [-0.2, -0.15) is 0 Å². The van der Waals surface area contributed by atoms with Crippen molar-refractivity contribution in [3.05, 3.63) is 35.6 Å². The third-order valence-corrected chi connectivity index (χ3v) is 4.27. The van der Waals surface area contributed by atoms with Gasteiger partial charge in [-0.25, -0.2) is 4.39 Å². The fourth-order valence-corrected chi connectivity index (χ4v) is 2.79. The molecule has 1 aliphatic rings. The molecule has 1 saturated heterocycles. The molecular weight excluding hydrogens is 233 g/mol. The molecule has 0 radical (unpaired) electrons. The molecule has 1 aromatic rings. The molecule has 18 heavy (non-hydrogen) atoms. The van der Waals surface area contributed by atoms with E-state index in [9.17, 15) is 9.50 Å². The maximum absolute atomic E-state index is 13.9. The van der Waals surface area contributed by atoms with Crippen LogP contribution in [0, 0.1) is 11.2 Å². The van der Waals surface area contributed by atoms with Crippen molar-refractivity contribution in [3.63, 3.8) is 0 Å². The van der Waals surface area contributed by atoms with Gasteiger partial charge in [-0.15, -0.1) is 0 Å². The molecule has 0 saturated carbocycles. The summed E-state index contributed by atoms with van der Waals surface area (Å²) >= 11 is 0. The minimum absolute atomic E-state index is 0.317. The molecule has 1 fully saturated rings. The van der Waals surface area contributed by atoms with Crippen LogP contribution in [0.3, 0.4) is 0 Å². The van der Waals surface area contributed by atoms with E-state index < -0.39 is 11.0 Å². The van der Waals surface area contributed by atoms with Gasteiger partial charge in [-0.3, -0.25) is 0 Å². The van der Waals surface area contributed by atoms with Crippen LogP contribution in [0.1, 0.15) is 25.3 Å². The van der Waals surface area contributed by atoms with Gasteiger partial charge in [0.15, 0.2) is 0 Å². The molecule has 0 aromatic heterocycles. The van der Waals surface area contributed by atoms with Crippen molar-refractivity contribution >= 4 is 0 Å². The largest absolute Gasteiger partial charge is 0.385 e. The van der Waals surface area contributed by atoms with Gasteiger partial charge >= 0.3 is 0 Å². The normalized spacial score (nSPS) is 22.4. The van der Waals surface area contributed by atoms with Crippen molar-refractivity contribution in [1.29, 1.82) is 0 Å². The van der Waals surface area contributed by atoms with Gasteiger partial charge < -0.3 is 15.6 Å². The first kappa shape index (κ1) is 13.5. The van der Waals surface area contributed by atoms with E-state index in [1.807, 2.05) is 0 Å². The Labute approximate surface area is 107 Å². The summed E-state index contributed by atoms with van der Waals surface area (Å²) in [5, 5.41) is 10.9. The number of nitrogens with two attached hydrogens (primary N) is 1. The molecular formula is C14H20FNO2. The molecule has 1 atom stereocenters. The second-order valence-corrected chi connectivity index (χ2v) is 5.15. The lowest BCUT2D eigenvalue weighted by Crippen LogP contribution is -2.52.